The number of fused-ring (bicyclic) bond motifs is 2. The summed E-state index contributed by atoms with van der Waals surface area (Å²) >= 11 is 0. The number of rotatable bonds is 9. The van der Waals surface area contributed by atoms with Crippen molar-refractivity contribution < 1.29 is 53.9 Å². The molecule has 2 amide bonds. The van der Waals surface area contributed by atoms with Crippen molar-refractivity contribution in [2.75, 3.05) is 10.6 Å². The quantitative estimate of drug-likeness (QED) is 0.0416. The molecular formula is C35H28N6NaO12S3. The second-order valence-corrected chi connectivity index (χ2v) is 16.4. The summed E-state index contributed by atoms with van der Waals surface area (Å²) in [5, 5.41) is 43.0. The smallest absolute Gasteiger partial charge is 0.323 e. The van der Waals surface area contributed by atoms with Gasteiger partial charge in [0.05, 0.1) is 16.3 Å². The van der Waals surface area contributed by atoms with Crippen molar-refractivity contribution >= 4 is 122 Å². The number of urea groups is 1. The van der Waals surface area contributed by atoms with Crippen LogP contribution in [-0.2, 0) is 30.4 Å². The molecule has 289 valence electrons. The van der Waals surface area contributed by atoms with Crippen LogP contribution in [0.5, 0.6) is 11.5 Å². The van der Waals surface area contributed by atoms with Crippen molar-refractivity contribution in [1.82, 2.24) is 0 Å². The van der Waals surface area contributed by atoms with Crippen molar-refractivity contribution in [3.8, 4) is 11.5 Å². The summed E-state index contributed by atoms with van der Waals surface area (Å²) in [7, 11) is -14.5. The zero-order chi connectivity index (χ0) is 40.7. The Kier molecular flexibility index (Phi) is 12.2. The maximum atomic E-state index is 13.0. The van der Waals surface area contributed by atoms with Gasteiger partial charge in [-0.05, 0) is 109 Å². The van der Waals surface area contributed by atoms with Crippen molar-refractivity contribution in [1.29, 1.82) is 0 Å². The van der Waals surface area contributed by atoms with E-state index >= 15 is 0 Å². The van der Waals surface area contributed by atoms with E-state index in [1.54, 1.807) is 31.2 Å². The van der Waals surface area contributed by atoms with Crippen LogP contribution in [0, 0.1) is 13.8 Å². The Bertz CT molecular complexity index is 3030. The van der Waals surface area contributed by atoms with Crippen LogP contribution in [0.15, 0.2) is 126 Å². The molecule has 0 unspecified atom stereocenters. The van der Waals surface area contributed by atoms with Crippen LogP contribution in [0.2, 0.25) is 0 Å². The van der Waals surface area contributed by atoms with E-state index in [9.17, 15) is 53.9 Å². The number of phenolic OH excluding ortho intramolecular Hbond substituents is 2. The van der Waals surface area contributed by atoms with Gasteiger partial charge in [-0.1, -0.05) is 18.2 Å². The summed E-state index contributed by atoms with van der Waals surface area (Å²) < 4.78 is 101. The molecule has 0 heterocycles. The average molecular weight is 844 g/mol. The van der Waals surface area contributed by atoms with Gasteiger partial charge in [0.25, 0.3) is 30.4 Å². The second-order valence-electron chi connectivity index (χ2n) is 12.2. The number of anilines is 2. The van der Waals surface area contributed by atoms with Crippen molar-refractivity contribution in [3.63, 3.8) is 0 Å². The van der Waals surface area contributed by atoms with Crippen LogP contribution >= 0.6 is 0 Å². The number of hydrogen-bond donors (Lipinski definition) is 7. The van der Waals surface area contributed by atoms with Crippen LogP contribution in [0.25, 0.3) is 21.5 Å². The van der Waals surface area contributed by atoms with Gasteiger partial charge in [-0.25, -0.2) is 4.79 Å². The van der Waals surface area contributed by atoms with Crippen LogP contribution in [0.4, 0.5) is 38.9 Å². The monoisotopic (exact) mass is 843 g/mol. The number of azo groups is 2. The Morgan fingerprint density at radius 3 is 1.42 bits per heavy atom. The Morgan fingerprint density at radius 1 is 0.544 bits per heavy atom. The molecule has 0 aliphatic carbocycles. The van der Waals surface area contributed by atoms with Crippen LogP contribution < -0.4 is 10.6 Å². The normalized spacial score (nSPS) is 12.3. The van der Waals surface area contributed by atoms with Gasteiger partial charge in [-0.15, -0.1) is 10.2 Å². The van der Waals surface area contributed by atoms with Gasteiger partial charge in [-0.3, -0.25) is 13.7 Å². The van der Waals surface area contributed by atoms with Gasteiger partial charge in [0.2, 0.25) is 0 Å². The third-order valence-corrected chi connectivity index (χ3v) is 10.9. The molecule has 6 rings (SSSR count). The standard InChI is InChI=1S/C35H28N6O12S3.Na/c1-18-5-3-4-6-27(18)38-40-31-29(55(48,49)50)16-20-14-22(7-10-25(20)33(31)42)36-35(44)37-23-8-11-26-21(15-23)17-30(56(51,52)53)32(34(26)43)41-39-28-12-9-24(13-19(28)2)54(45,46)47;/h3-17,42-43H,1-2H3,(H2,36,37,44)(H,45,46,47)(H,48,49,50)(H,51,52,53);. The molecule has 6 aromatic carbocycles. The van der Waals surface area contributed by atoms with Crippen molar-refractivity contribution in [3.05, 3.63) is 102 Å². The molecule has 22 heteroatoms. The molecular weight excluding hydrogens is 816 g/mol. The van der Waals surface area contributed by atoms with E-state index in [2.05, 4.69) is 31.1 Å². The van der Waals surface area contributed by atoms with Gasteiger partial charge in [-0.2, -0.15) is 35.5 Å². The fourth-order valence-corrected chi connectivity index (χ4v) is 7.40. The van der Waals surface area contributed by atoms with Gasteiger partial charge in [0.15, 0.2) is 11.5 Å². The third-order valence-electron chi connectivity index (χ3n) is 8.27. The number of hydrogen-bond acceptors (Lipinski definition) is 13. The molecule has 0 bridgehead atoms. The molecule has 0 saturated heterocycles. The molecule has 0 aliphatic rings. The minimum absolute atomic E-state index is 0. The molecule has 1 radical (unpaired) electrons. The maximum absolute atomic E-state index is 13.0. The minimum atomic E-state index is -5.03. The summed E-state index contributed by atoms with van der Waals surface area (Å²) in [4.78, 5) is 11.0. The first kappa shape index (κ1) is 42.8. The Hall–Kier alpha value is -5.36. The number of benzene rings is 6. The largest absolute Gasteiger partial charge is 0.505 e. The number of nitrogens with one attached hydrogen (secondary N) is 2. The molecule has 0 saturated carbocycles. The molecule has 18 nitrogen and oxygen atoms in total. The van der Waals surface area contributed by atoms with E-state index in [0.29, 0.717) is 5.69 Å². The first-order valence-electron chi connectivity index (χ1n) is 15.8. The Labute approximate surface area is 346 Å². The molecule has 57 heavy (non-hydrogen) atoms. The van der Waals surface area contributed by atoms with Crippen molar-refractivity contribution in [2.45, 2.75) is 28.5 Å². The zero-order valence-corrected chi connectivity index (χ0v) is 34.2. The number of carbonyl (C=O) groups is 1. The molecule has 0 aliphatic heterocycles. The van der Waals surface area contributed by atoms with E-state index < -0.39 is 73.9 Å². The number of aryl methyl sites for hydroxylation is 2. The zero-order valence-electron chi connectivity index (χ0n) is 29.8. The van der Waals surface area contributed by atoms with E-state index in [1.165, 1.54) is 49.4 Å². The van der Waals surface area contributed by atoms with E-state index in [0.717, 1.165) is 29.8 Å². The summed E-state index contributed by atoms with van der Waals surface area (Å²) in [6.07, 6.45) is 0. The topological polar surface area (TPSA) is 294 Å². The average Bonchev–Trinajstić information content (AvgIpc) is 3.10. The second kappa shape index (κ2) is 16.2. The fourth-order valence-electron chi connectivity index (χ4n) is 5.52. The van der Waals surface area contributed by atoms with Gasteiger partial charge < -0.3 is 20.8 Å². The predicted molar refractivity (Wildman–Crippen MR) is 210 cm³/mol. The molecule has 7 N–H and O–H groups in total. The summed E-state index contributed by atoms with van der Waals surface area (Å²) in [5.74, 6) is -1.30. The molecule has 6 aromatic rings. The van der Waals surface area contributed by atoms with Gasteiger partial charge in [0.1, 0.15) is 21.2 Å². The maximum Gasteiger partial charge on any atom is 0.323 e. The Morgan fingerprint density at radius 2 is 1.00 bits per heavy atom. The number of aromatic hydroxyl groups is 2. The Balaban J connectivity index is 0.00000620. The van der Waals surface area contributed by atoms with Gasteiger partial charge >= 0.3 is 6.03 Å². The van der Waals surface area contributed by atoms with E-state index in [-0.39, 0.29) is 73.7 Å². The first-order chi connectivity index (χ1) is 26.2. The molecule has 0 aromatic heterocycles. The van der Waals surface area contributed by atoms with E-state index in [4.69, 9.17) is 0 Å². The SMILES string of the molecule is Cc1ccccc1N=Nc1c(S(=O)(=O)O)cc2cc(NC(=O)Nc3ccc4c(O)c(N=Nc5ccc(S(=O)(=O)O)cc5C)c(S(=O)(=O)O)cc4c3)ccc2c1O.[Na]. The summed E-state index contributed by atoms with van der Waals surface area (Å²) in [6, 6.07) is 19.4. The van der Waals surface area contributed by atoms with Crippen LogP contribution in [-0.4, -0.2) is 84.7 Å². The molecule has 0 fully saturated rings. The predicted octanol–water partition coefficient (Wildman–Crippen LogP) is 7.86. The van der Waals surface area contributed by atoms with E-state index in [1.807, 2.05) is 0 Å². The number of amides is 2. The fraction of sp³-hybridized carbons (Fsp3) is 0.0571. The first-order valence-corrected chi connectivity index (χ1v) is 20.1. The van der Waals surface area contributed by atoms with Gasteiger partial charge in [0, 0.05) is 51.7 Å². The molecule has 0 spiro atoms. The molecule has 0 atom stereocenters. The summed E-state index contributed by atoms with van der Waals surface area (Å²) in [5.41, 5.74) is 0.467. The number of phenols is 2. The van der Waals surface area contributed by atoms with Crippen molar-refractivity contribution in [2.24, 2.45) is 20.5 Å². The number of nitrogens with zero attached hydrogens (tertiary/aromatic N) is 4. The minimum Gasteiger partial charge on any atom is -0.505 e. The van der Waals surface area contributed by atoms with Crippen LogP contribution in [0.3, 0.4) is 0 Å². The third kappa shape index (κ3) is 9.44. The number of carbonyl (C=O) groups excluding carboxylic acids is 1. The van der Waals surface area contributed by atoms with Crippen LogP contribution in [0.1, 0.15) is 11.1 Å². The summed E-state index contributed by atoms with van der Waals surface area (Å²) in [6.45, 7) is 3.20.